The third-order valence-electron chi connectivity index (χ3n) is 1.25. The second-order valence-corrected chi connectivity index (χ2v) is 2.70. The van der Waals surface area contributed by atoms with E-state index in [1.807, 2.05) is 0 Å². The molecule has 0 aliphatic carbocycles. The molecule has 0 heterocycles. The van der Waals surface area contributed by atoms with Crippen LogP contribution in [-0.4, -0.2) is 12.2 Å². The Hall–Kier alpha value is -0.600. The van der Waals surface area contributed by atoms with E-state index in [-0.39, 0.29) is 15.8 Å². The molecule has 60 valence electrons. The van der Waals surface area contributed by atoms with Crippen LogP contribution in [0.3, 0.4) is 0 Å². The highest BCUT2D eigenvalue weighted by atomic mass is 35.5. The summed E-state index contributed by atoms with van der Waals surface area (Å²) in [4.78, 5) is 0. The molecule has 0 aliphatic heterocycles. The van der Waals surface area contributed by atoms with E-state index in [1.54, 1.807) is 6.07 Å². The molecular formula is C7H6Cl2O2. The van der Waals surface area contributed by atoms with E-state index < -0.39 is 0 Å². The zero-order valence-electron chi connectivity index (χ0n) is 5.77. The Kier molecular flexibility index (Phi) is 2.47. The topological polar surface area (TPSA) is 29.5 Å². The first-order chi connectivity index (χ1) is 5.16. The highest BCUT2D eigenvalue weighted by molar-refractivity contribution is 6.38. The van der Waals surface area contributed by atoms with E-state index in [9.17, 15) is 5.11 Å². The lowest BCUT2D eigenvalue weighted by Crippen LogP contribution is -1.83. The van der Waals surface area contributed by atoms with E-state index >= 15 is 0 Å². The van der Waals surface area contributed by atoms with Crippen molar-refractivity contribution in [2.45, 2.75) is 0 Å². The van der Waals surface area contributed by atoms with Crippen LogP contribution in [0.1, 0.15) is 0 Å². The normalized spacial score (nSPS) is 9.73. The van der Waals surface area contributed by atoms with Gasteiger partial charge in [-0.1, -0.05) is 23.2 Å². The van der Waals surface area contributed by atoms with Crippen molar-refractivity contribution in [1.82, 2.24) is 0 Å². The maximum Gasteiger partial charge on any atom is 0.156 e. The van der Waals surface area contributed by atoms with Crippen molar-refractivity contribution in [1.29, 1.82) is 0 Å². The van der Waals surface area contributed by atoms with Crippen molar-refractivity contribution in [2.75, 3.05) is 7.11 Å². The fourth-order valence-corrected chi connectivity index (χ4v) is 1.13. The Balaban J connectivity index is 3.25. The Morgan fingerprint density at radius 3 is 2.55 bits per heavy atom. The molecule has 0 aromatic heterocycles. The minimum atomic E-state index is -0.146. The molecule has 0 radical (unpaired) electrons. The Labute approximate surface area is 74.3 Å². The summed E-state index contributed by atoms with van der Waals surface area (Å²) in [6.07, 6.45) is 0. The van der Waals surface area contributed by atoms with Gasteiger partial charge >= 0.3 is 0 Å². The number of phenolic OH excluding ortho intramolecular Hbond substituents is 1. The third-order valence-corrected chi connectivity index (χ3v) is 1.92. The Bertz CT molecular complexity index is 273. The molecule has 4 heteroatoms. The highest BCUT2D eigenvalue weighted by Crippen LogP contribution is 2.38. The van der Waals surface area contributed by atoms with Crippen molar-refractivity contribution < 1.29 is 9.84 Å². The lowest BCUT2D eigenvalue weighted by atomic mass is 10.3. The second-order valence-electron chi connectivity index (χ2n) is 1.91. The van der Waals surface area contributed by atoms with Crippen LogP contribution in [0.25, 0.3) is 0 Å². The van der Waals surface area contributed by atoms with Crippen LogP contribution in [0.5, 0.6) is 11.5 Å². The molecule has 0 spiro atoms. The second kappa shape index (κ2) is 3.20. The van der Waals surface area contributed by atoms with E-state index in [2.05, 4.69) is 0 Å². The molecule has 0 fully saturated rings. The van der Waals surface area contributed by atoms with Crippen LogP contribution in [-0.2, 0) is 0 Å². The lowest BCUT2D eigenvalue weighted by molar-refractivity contribution is 0.408. The van der Waals surface area contributed by atoms with Gasteiger partial charge in [-0.05, 0) is 12.1 Å². The third kappa shape index (κ3) is 1.52. The van der Waals surface area contributed by atoms with E-state index in [0.29, 0.717) is 5.75 Å². The average molecular weight is 193 g/mol. The largest absolute Gasteiger partial charge is 0.505 e. The molecule has 0 aliphatic rings. The van der Waals surface area contributed by atoms with Crippen LogP contribution in [0.2, 0.25) is 10.0 Å². The number of rotatable bonds is 1. The van der Waals surface area contributed by atoms with Crippen LogP contribution in [0.15, 0.2) is 12.1 Å². The Morgan fingerprint density at radius 2 is 2.00 bits per heavy atom. The number of hydrogen-bond donors (Lipinski definition) is 1. The molecule has 0 saturated heterocycles. The summed E-state index contributed by atoms with van der Waals surface area (Å²) in [6.45, 7) is 0. The predicted octanol–water partition coefficient (Wildman–Crippen LogP) is 2.71. The van der Waals surface area contributed by atoms with Crippen LogP contribution in [0, 0.1) is 0 Å². The quantitative estimate of drug-likeness (QED) is 0.742. The summed E-state index contributed by atoms with van der Waals surface area (Å²) in [5.41, 5.74) is 0. The van der Waals surface area contributed by atoms with Gasteiger partial charge in [0.2, 0.25) is 0 Å². The number of phenols is 1. The molecular weight excluding hydrogens is 187 g/mol. The van der Waals surface area contributed by atoms with E-state index in [4.69, 9.17) is 27.9 Å². The maximum absolute atomic E-state index is 9.17. The van der Waals surface area contributed by atoms with Gasteiger partial charge in [0, 0.05) is 0 Å². The molecule has 0 unspecified atom stereocenters. The van der Waals surface area contributed by atoms with Gasteiger partial charge in [0.1, 0.15) is 10.8 Å². The summed E-state index contributed by atoms with van der Waals surface area (Å²) < 4.78 is 4.83. The number of ether oxygens (including phenoxy) is 1. The number of hydrogen-bond acceptors (Lipinski definition) is 2. The maximum atomic E-state index is 9.17. The summed E-state index contributed by atoms with van der Waals surface area (Å²) in [6, 6.07) is 3.10. The van der Waals surface area contributed by atoms with Gasteiger partial charge in [-0.2, -0.15) is 0 Å². The summed E-state index contributed by atoms with van der Waals surface area (Å²) >= 11 is 11.2. The lowest BCUT2D eigenvalue weighted by Gasteiger charge is -2.04. The fourth-order valence-electron chi connectivity index (χ4n) is 0.680. The molecule has 2 nitrogen and oxygen atoms in total. The number of benzene rings is 1. The van der Waals surface area contributed by atoms with Gasteiger partial charge in [-0.15, -0.1) is 0 Å². The van der Waals surface area contributed by atoms with Crippen molar-refractivity contribution in [2.24, 2.45) is 0 Å². The van der Waals surface area contributed by atoms with E-state index in [0.717, 1.165) is 0 Å². The van der Waals surface area contributed by atoms with Gasteiger partial charge < -0.3 is 9.84 Å². The number of aromatic hydroxyl groups is 1. The standard InChI is InChI=1S/C7H6Cl2O2/c1-11-5-3-2-4(8)7(10)6(5)9/h2-3,10H,1H3. The average Bonchev–Trinajstić information content (AvgIpc) is 2.01. The molecule has 1 N–H and O–H groups in total. The van der Waals surface area contributed by atoms with Gasteiger partial charge in [0.05, 0.1) is 12.1 Å². The van der Waals surface area contributed by atoms with Crippen molar-refractivity contribution in [3.05, 3.63) is 22.2 Å². The summed E-state index contributed by atoms with van der Waals surface area (Å²) in [7, 11) is 1.47. The van der Waals surface area contributed by atoms with Crippen LogP contribution < -0.4 is 4.74 Å². The van der Waals surface area contributed by atoms with Gasteiger partial charge in [0.25, 0.3) is 0 Å². The highest BCUT2D eigenvalue weighted by Gasteiger charge is 2.08. The Morgan fingerprint density at radius 1 is 1.36 bits per heavy atom. The minimum Gasteiger partial charge on any atom is -0.505 e. The van der Waals surface area contributed by atoms with Crippen LogP contribution in [0.4, 0.5) is 0 Å². The summed E-state index contributed by atoms with van der Waals surface area (Å²) in [5, 5.41) is 9.53. The molecule has 0 saturated carbocycles. The molecule has 1 aromatic carbocycles. The van der Waals surface area contributed by atoms with E-state index in [1.165, 1.54) is 13.2 Å². The molecule has 1 aromatic rings. The van der Waals surface area contributed by atoms with Crippen molar-refractivity contribution in [3.8, 4) is 11.5 Å². The fraction of sp³-hybridized carbons (Fsp3) is 0.143. The van der Waals surface area contributed by atoms with Crippen molar-refractivity contribution in [3.63, 3.8) is 0 Å². The van der Waals surface area contributed by atoms with Gasteiger partial charge in [0.15, 0.2) is 5.75 Å². The molecule has 0 bridgehead atoms. The SMILES string of the molecule is COc1ccc(Cl)c(O)c1Cl. The zero-order valence-corrected chi connectivity index (χ0v) is 7.28. The first-order valence-corrected chi connectivity index (χ1v) is 3.63. The molecule has 1 rings (SSSR count). The molecule has 11 heavy (non-hydrogen) atoms. The van der Waals surface area contributed by atoms with Crippen LogP contribution >= 0.6 is 23.2 Å². The van der Waals surface area contributed by atoms with Crippen molar-refractivity contribution >= 4 is 23.2 Å². The zero-order chi connectivity index (χ0) is 8.43. The predicted molar refractivity (Wildman–Crippen MR) is 44.7 cm³/mol. The number of halogens is 2. The van der Waals surface area contributed by atoms with Gasteiger partial charge in [-0.3, -0.25) is 0 Å². The first-order valence-electron chi connectivity index (χ1n) is 2.87. The first kappa shape index (κ1) is 8.50. The summed E-state index contributed by atoms with van der Waals surface area (Å²) in [5.74, 6) is 0.265. The molecule has 0 atom stereocenters. The number of methoxy groups -OCH3 is 1. The monoisotopic (exact) mass is 192 g/mol. The van der Waals surface area contributed by atoms with Gasteiger partial charge in [-0.25, -0.2) is 0 Å². The molecule has 0 amide bonds. The smallest absolute Gasteiger partial charge is 0.156 e. The minimum absolute atomic E-state index is 0.139.